The molecule has 0 saturated carbocycles. The van der Waals surface area contributed by atoms with Crippen LogP contribution in [-0.2, 0) is 34.6 Å². The van der Waals surface area contributed by atoms with E-state index in [2.05, 4.69) is 10.3 Å². The number of carbonyl (C=O) groups excluding carboxylic acids is 1. The predicted octanol–water partition coefficient (Wildman–Crippen LogP) is 2.16. The summed E-state index contributed by atoms with van der Waals surface area (Å²) in [6, 6.07) is 5.03. The highest BCUT2D eigenvalue weighted by molar-refractivity contribution is 7.89. The molecule has 1 aromatic heterocycles. The third kappa shape index (κ3) is 4.78. The molecule has 1 aromatic carbocycles. The number of piperidine rings is 1. The maximum Gasteiger partial charge on any atom is 0.416 e. The molecule has 1 N–H and O–H groups in total. The molecular weight excluding hydrogens is 409 g/mol. The third-order valence-corrected chi connectivity index (χ3v) is 6.57. The number of aryl methyl sites for hydroxylation is 1. The van der Waals surface area contributed by atoms with Crippen molar-refractivity contribution >= 4 is 15.9 Å². The Morgan fingerprint density at radius 2 is 2.03 bits per heavy atom. The van der Waals surface area contributed by atoms with Crippen LogP contribution in [0.1, 0.15) is 24.0 Å². The lowest BCUT2D eigenvalue weighted by Crippen LogP contribution is -2.45. The van der Waals surface area contributed by atoms with Gasteiger partial charge < -0.3 is 9.88 Å². The van der Waals surface area contributed by atoms with Gasteiger partial charge in [-0.15, -0.1) is 0 Å². The molecule has 2 heterocycles. The van der Waals surface area contributed by atoms with Crippen molar-refractivity contribution in [1.29, 1.82) is 0 Å². The SMILES string of the molecule is Cn1cnc(S(=O)(=O)N2CCC[C@@H](C(=O)NCc3ccccc3C(F)(F)F)C2)c1. The van der Waals surface area contributed by atoms with Gasteiger partial charge in [-0.1, -0.05) is 18.2 Å². The molecule has 1 atom stereocenters. The average Bonchev–Trinajstić information content (AvgIpc) is 3.13. The van der Waals surface area contributed by atoms with Crippen LogP contribution in [0.2, 0.25) is 0 Å². The van der Waals surface area contributed by atoms with Crippen LogP contribution in [0.15, 0.2) is 41.8 Å². The predicted molar refractivity (Wildman–Crippen MR) is 98.0 cm³/mol. The van der Waals surface area contributed by atoms with E-state index in [1.165, 1.54) is 39.6 Å². The van der Waals surface area contributed by atoms with E-state index in [0.29, 0.717) is 12.8 Å². The van der Waals surface area contributed by atoms with Crippen molar-refractivity contribution < 1.29 is 26.4 Å². The fourth-order valence-electron chi connectivity index (χ4n) is 3.31. The molecule has 1 fully saturated rings. The van der Waals surface area contributed by atoms with E-state index in [1.54, 1.807) is 7.05 Å². The highest BCUT2D eigenvalue weighted by atomic mass is 32.2. The Kier molecular flexibility index (Phi) is 5.99. The van der Waals surface area contributed by atoms with Gasteiger partial charge in [-0.2, -0.15) is 17.5 Å². The highest BCUT2D eigenvalue weighted by Gasteiger charge is 2.35. The largest absolute Gasteiger partial charge is 0.416 e. The van der Waals surface area contributed by atoms with Gasteiger partial charge in [0.1, 0.15) is 0 Å². The van der Waals surface area contributed by atoms with Crippen molar-refractivity contribution in [3.05, 3.63) is 47.9 Å². The summed E-state index contributed by atoms with van der Waals surface area (Å²) in [4.78, 5) is 16.4. The van der Waals surface area contributed by atoms with Gasteiger partial charge in [0.2, 0.25) is 5.91 Å². The molecule has 0 radical (unpaired) electrons. The van der Waals surface area contributed by atoms with Crippen LogP contribution < -0.4 is 5.32 Å². The van der Waals surface area contributed by atoms with E-state index >= 15 is 0 Å². The van der Waals surface area contributed by atoms with Crippen LogP contribution in [0.25, 0.3) is 0 Å². The Morgan fingerprint density at radius 3 is 2.69 bits per heavy atom. The van der Waals surface area contributed by atoms with E-state index in [0.717, 1.165) is 6.07 Å². The average molecular weight is 430 g/mol. The second-order valence-electron chi connectivity index (χ2n) is 6.95. The maximum atomic E-state index is 13.1. The van der Waals surface area contributed by atoms with Crippen molar-refractivity contribution in [1.82, 2.24) is 19.2 Å². The Hall–Kier alpha value is -2.40. The molecule has 0 aliphatic carbocycles. The number of alkyl halides is 3. The first kappa shape index (κ1) is 21.3. The summed E-state index contributed by atoms with van der Waals surface area (Å²) in [6.07, 6.45) is -0.823. The zero-order chi connectivity index (χ0) is 21.2. The van der Waals surface area contributed by atoms with E-state index < -0.39 is 33.6 Å². The molecule has 1 saturated heterocycles. The monoisotopic (exact) mass is 430 g/mol. The second-order valence-corrected chi connectivity index (χ2v) is 8.84. The van der Waals surface area contributed by atoms with Crippen LogP contribution in [0.4, 0.5) is 13.2 Å². The van der Waals surface area contributed by atoms with Gasteiger partial charge >= 0.3 is 6.18 Å². The molecule has 2 aromatic rings. The molecule has 1 amide bonds. The number of amides is 1. The highest BCUT2D eigenvalue weighted by Crippen LogP contribution is 2.32. The zero-order valence-electron chi connectivity index (χ0n) is 15.7. The third-order valence-electron chi connectivity index (χ3n) is 4.82. The minimum absolute atomic E-state index is 0.0361. The normalized spacial score (nSPS) is 18.6. The Bertz CT molecular complexity index is 988. The van der Waals surface area contributed by atoms with Crippen molar-refractivity contribution in [2.45, 2.75) is 30.6 Å². The van der Waals surface area contributed by atoms with Crippen molar-refractivity contribution in [2.75, 3.05) is 13.1 Å². The number of nitrogens with one attached hydrogen (secondary N) is 1. The number of nitrogens with zero attached hydrogens (tertiary/aromatic N) is 3. The Labute approximate surface area is 166 Å². The molecule has 158 valence electrons. The number of halogens is 3. The summed E-state index contributed by atoms with van der Waals surface area (Å²) in [5, 5.41) is 2.42. The lowest BCUT2D eigenvalue weighted by atomic mass is 9.98. The van der Waals surface area contributed by atoms with Crippen LogP contribution in [0.5, 0.6) is 0 Å². The van der Waals surface area contributed by atoms with Gasteiger partial charge in [-0.05, 0) is 24.5 Å². The van der Waals surface area contributed by atoms with Gasteiger partial charge in [-0.25, -0.2) is 13.4 Å². The summed E-state index contributed by atoms with van der Waals surface area (Å²) in [6.45, 7) is -0.0523. The van der Waals surface area contributed by atoms with Gasteiger partial charge in [0.15, 0.2) is 5.03 Å². The molecule has 0 spiro atoms. The van der Waals surface area contributed by atoms with Gasteiger partial charge in [0.25, 0.3) is 10.0 Å². The minimum atomic E-state index is -4.51. The molecule has 3 rings (SSSR count). The molecule has 29 heavy (non-hydrogen) atoms. The fourth-order valence-corrected chi connectivity index (χ4v) is 4.80. The van der Waals surface area contributed by atoms with E-state index in [9.17, 15) is 26.4 Å². The summed E-state index contributed by atoms with van der Waals surface area (Å²) < 4.78 is 67.3. The van der Waals surface area contributed by atoms with E-state index in [1.807, 2.05) is 0 Å². The van der Waals surface area contributed by atoms with Crippen molar-refractivity contribution in [3.8, 4) is 0 Å². The van der Waals surface area contributed by atoms with E-state index in [-0.39, 0.29) is 30.2 Å². The van der Waals surface area contributed by atoms with Gasteiger partial charge in [0.05, 0.1) is 17.8 Å². The van der Waals surface area contributed by atoms with E-state index in [4.69, 9.17) is 0 Å². The molecule has 11 heteroatoms. The molecule has 1 aliphatic heterocycles. The second kappa shape index (κ2) is 8.15. The number of sulfonamides is 1. The smallest absolute Gasteiger partial charge is 0.352 e. The first-order valence-electron chi connectivity index (χ1n) is 9.00. The quantitative estimate of drug-likeness (QED) is 0.788. The maximum absolute atomic E-state index is 13.1. The van der Waals surface area contributed by atoms with Crippen molar-refractivity contribution in [3.63, 3.8) is 0 Å². The number of carbonyl (C=O) groups is 1. The summed E-state index contributed by atoms with van der Waals surface area (Å²) >= 11 is 0. The molecule has 0 bridgehead atoms. The number of aromatic nitrogens is 2. The number of benzene rings is 1. The molecule has 0 unspecified atom stereocenters. The zero-order valence-corrected chi connectivity index (χ0v) is 16.5. The van der Waals surface area contributed by atoms with Gasteiger partial charge in [0, 0.05) is 32.9 Å². The lowest BCUT2D eigenvalue weighted by molar-refractivity contribution is -0.138. The topological polar surface area (TPSA) is 84.3 Å². The summed E-state index contributed by atoms with van der Waals surface area (Å²) in [7, 11) is -2.18. The molecule has 7 nitrogen and oxygen atoms in total. The van der Waals surface area contributed by atoms with Crippen molar-refractivity contribution in [2.24, 2.45) is 13.0 Å². The van der Waals surface area contributed by atoms with Gasteiger partial charge in [-0.3, -0.25) is 4.79 Å². The minimum Gasteiger partial charge on any atom is -0.352 e. The lowest BCUT2D eigenvalue weighted by Gasteiger charge is -2.30. The number of hydrogen-bond donors (Lipinski definition) is 1. The first-order valence-corrected chi connectivity index (χ1v) is 10.4. The van der Waals surface area contributed by atoms with Crippen LogP contribution in [0.3, 0.4) is 0 Å². The van der Waals surface area contributed by atoms with Crippen LogP contribution >= 0.6 is 0 Å². The summed E-state index contributed by atoms with van der Waals surface area (Å²) in [5.41, 5.74) is -0.842. The van der Waals surface area contributed by atoms with Crippen LogP contribution in [-0.4, -0.2) is 41.3 Å². The fraction of sp³-hybridized carbons (Fsp3) is 0.444. The van der Waals surface area contributed by atoms with Crippen LogP contribution in [0, 0.1) is 5.92 Å². The molecule has 1 aliphatic rings. The summed E-state index contributed by atoms with van der Waals surface area (Å²) in [5.74, 6) is -1.11. The number of hydrogen-bond acceptors (Lipinski definition) is 4. The number of imidazole rings is 1. The first-order chi connectivity index (χ1) is 13.6. The number of rotatable bonds is 5. The molecular formula is C18H21F3N4O3S. The Balaban J connectivity index is 1.67. The Morgan fingerprint density at radius 1 is 1.31 bits per heavy atom. The standard InChI is InChI=1S/C18H21F3N4O3S/c1-24-11-16(23-12-24)29(27,28)25-8-4-6-14(10-25)17(26)22-9-13-5-2-3-7-15(13)18(19,20)21/h2-3,5,7,11-12,14H,4,6,8-10H2,1H3,(H,22,26)/t14-/m1/s1.